The molecule has 1 saturated carbocycles. The molecular weight excluding hydrogens is 265 g/mol. The van der Waals surface area contributed by atoms with Gasteiger partial charge in [-0.15, -0.1) is 0 Å². The van der Waals surface area contributed by atoms with E-state index in [1.54, 1.807) is 12.3 Å². The predicted octanol–water partition coefficient (Wildman–Crippen LogP) is 2.82. The van der Waals surface area contributed by atoms with Crippen LogP contribution in [0.1, 0.15) is 39.2 Å². The average Bonchev–Trinajstić information content (AvgIpc) is 3.21. The van der Waals surface area contributed by atoms with Crippen molar-refractivity contribution in [1.82, 2.24) is 15.2 Å². The monoisotopic (exact) mass is 291 g/mol. The Labute approximate surface area is 126 Å². The fourth-order valence-electron chi connectivity index (χ4n) is 3.46. The molecule has 1 N–H and O–H groups in total. The third-order valence-electron chi connectivity index (χ3n) is 4.78. The minimum absolute atomic E-state index is 0.211. The van der Waals surface area contributed by atoms with Crippen LogP contribution in [0.3, 0.4) is 0 Å². The molecule has 0 radical (unpaired) electrons. The first-order valence-electron chi connectivity index (χ1n) is 8.00. The molecule has 21 heavy (non-hydrogen) atoms. The summed E-state index contributed by atoms with van der Waals surface area (Å²) in [4.78, 5) is 6.51. The summed E-state index contributed by atoms with van der Waals surface area (Å²) in [5.41, 5.74) is 1.18. The second-order valence-electron chi connectivity index (χ2n) is 7.67. The van der Waals surface area contributed by atoms with Gasteiger partial charge >= 0.3 is 0 Å². The molecule has 2 heterocycles. The fraction of sp³-hybridized carbons (Fsp3) is 0.706. The summed E-state index contributed by atoms with van der Waals surface area (Å²) in [6, 6.07) is 2.68. The fourth-order valence-corrected chi connectivity index (χ4v) is 3.46. The average molecular weight is 291 g/mol. The van der Waals surface area contributed by atoms with Crippen LogP contribution in [-0.4, -0.2) is 35.1 Å². The second kappa shape index (κ2) is 5.65. The molecule has 3 rings (SSSR count). The maximum Gasteiger partial charge on any atom is 0.141 e. The van der Waals surface area contributed by atoms with Crippen LogP contribution in [0, 0.1) is 17.2 Å². The molecule has 2 fully saturated rings. The van der Waals surface area contributed by atoms with Gasteiger partial charge in [-0.05, 0) is 35.8 Å². The summed E-state index contributed by atoms with van der Waals surface area (Å²) in [6.45, 7) is 9.73. The Hall–Kier alpha value is -1.00. The van der Waals surface area contributed by atoms with Crippen LogP contribution in [0.5, 0.6) is 0 Å². The van der Waals surface area contributed by atoms with E-state index in [0.29, 0.717) is 12.1 Å². The van der Waals surface area contributed by atoms with E-state index >= 15 is 0 Å². The van der Waals surface area contributed by atoms with Gasteiger partial charge in [-0.2, -0.15) is 0 Å². The second-order valence-corrected chi connectivity index (χ2v) is 7.67. The molecule has 1 aliphatic heterocycles. The number of hydrogen-bond acceptors (Lipinski definition) is 3. The van der Waals surface area contributed by atoms with E-state index in [-0.39, 0.29) is 11.2 Å². The summed E-state index contributed by atoms with van der Waals surface area (Å²) in [6.07, 6.45) is 5.77. The van der Waals surface area contributed by atoms with Crippen molar-refractivity contribution in [3.8, 4) is 0 Å². The van der Waals surface area contributed by atoms with Crippen LogP contribution in [-0.2, 0) is 6.54 Å². The number of rotatable bonds is 3. The molecule has 1 saturated heterocycles. The van der Waals surface area contributed by atoms with Crippen molar-refractivity contribution in [3.05, 3.63) is 29.8 Å². The largest absolute Gasteiger partial charge is 0.311 e. The lowest BCUT2D eigenvalue weighted by atomic mass is 9.83. The molecule has 116 valence electrons. The van der Waals surface area contributed by atoms with Crippen molar-refractivity contribution < 1.29 is 4.39 Å². The van der Waals surface area contributed by atoms with E-state index in [9.17, 15) is 4.39 Å². The first kappa shape index (κ1) is 14.9. The molecular formula is C17H26FN3. The van der Waals surface area contributed by atoms with Gasteiger partial charge in [0.15, 0.2) is 0 Å². The highest BCUT2D eigenvalue weighted by molar-refractivity contribution is 5.11. The minimum atomic E-state index is -0.242. The topological polar surface area (TPSA) is 28.2 Å². The quantitative estimate of drug-likeness (QED) is 0.928. The number of pyridine rings is 1. The first-order chi connectivity index (χ1) is 9.93. The van der Waals surface area contributed by atoms with Gasteiger partial charge in [0.05, 0.1) is 6.20 Å². The van der Waals surface area contributed by atoms with Gasteiger partial charge in [-0.3, -0.25) is 9.88 Å². The van der Waals surface area contributed by atoms with E-state index in [2.05, 4.69) is 36.0 Å². The van der Waals surface area contributed by atoms with E-state index in [0.717, 1.165) is 31.1 Å². The lowest BCUT2D eigenvalue weighted by Crippen LogP contribution is -2.60. The van der Waals surface area contributed by atoms with E-state index < -0.39 is 0 Å². The summed E-state index contributed by atoms with van der Waals surface area (Å²) in [7, 11) is 0. The molecule has 0 aromatic carbocycles. The number of nitrogens with zero attached hydrogens (tertiary/aromatic N) is 2. The third kappa shape index (κ3) is 3.61. The molecule has 0 spiro atoms. The van der Waals surface area contributed by atoms with Crippen molar-refractivity contribution >= 4 is 0 Å². The van der Waals surface area contributed by atoms with Crippen LogP contribution in [0.15, 0.2) is 18.5 Å². The Morgan fingerprint density at radius 3 is 2.71 bits per heavy atom. The van der Waals surface area contributed by atoms with Crippen LogP contribution in [0.4, 0.5) is 4.39 Å². The summed E-state index contributed by atoms with van der Waals surface area (Å²) >= 11 is 0. The van der Waals surface area contributed by atoms with Crippen molar-refractivity contribution in [2.45, 2.75) is 52.2 Å². The third-order valence-corrected chi connectivity index (χ3v) is 4.78. The van der Waals surface area contributed by atoms with Gasteiger partial charge in [0.2, 0.25) is 0 Å². The molecule has 3 nitrogen and oxygen atoms in total. The molecule has 2 atom stereocenters. The van der Waals surface area contributed by atoms with Crippen LogP contribution in [0.25, 0.3) is 0 Å². The van der Waals surface area contributed by atoms with Gasteiger partial charge in [0.25, 0.3) is 0 Å². The molecule has 1 aromatic heterocycles. The van der Waals surface area contributed by atoms with E-state index in [1.807, 2.05) is 0 Å². The van der Waals surface area contributed by atoms with Crippen molar-refractivity contribution in [1.29, 1.82) is 0 Å². The number of hydrogen-bond donors (Lipinski definition) is 1. The summed E-state index contributed by atoms with van der Waals surface area (Å²) in [5.74, 6) is 0.604. The molecule has 0 bridgehead atoms. The molecule has 1 aliphatic carbocycles. The molecule has 2 aliphatic rings. The summed E-state index contributed by atoms with van der Waals surface area (Å²) in [5, 5.41) is 3.73. The number of aromatic nitrogens is 1. The number of halogens is 1. The number of nitrogens with one attached hydrogen (secondary N) is 1. The van der Waals surface area contributed by atoms with Gasteiger partial charge in [-0.25, -0.2) is 4.39 Å². The zero-order valence-electron chi connectivity index (χ0n) is 13.3. The van der Waals surface area contributed by atoms with E-state index in [4.69, 9.17) is 0 Å². The van der Waals surface area contributed by atoms with Crippen LogP contribution in [0.2, 0.25) is 0 Å². The Bertz CT molecular complexity index is 493. The standard InChI is InChI=1S/C17H26FN3/c1-17(2,3)16-9-20-15(13-4-5-13)11-21(16)10-12-6-14(18)8-19-7-12/h6-8,13,15-16,20H,4-5,9-11H2,1-3H3. The smallest absolute Gasteiger partial charge is 0.141 e. The lowest BCUT2D eigenvalue weighted by molar-refractivity contribution is 0.0448. The Morgan fingerprint density at radius 2 is 2.10 bits per heavy atom. The van der Waals surface area contributed by atoms with Gasteiger partial charge < -0.3 is 5.32 Å². The van der Waals surface area contributed by atoms with Crippen molar-refractivity contribution in [2.75, 3.05) is 13.1 Å². The zero-order valence-corrected chi connectivity index (χ0v) is 13.3. The highest BCUT2D eigenvalue weighted by atomic mass is 19.1. The van der Waals surface area contributed by atoms with Gasteiger partial charge in [0, 0.05) is 37.9 Å². The highest BCUT2D eigenvalue weighted by Crippen LogP contribution is 2.36. The molecule has 1 aromatic rings. The number of piperazine rings is 1. The first-order valence-corrected chi connectivity index (χ1v) is 8.00. The predicted molar refractivity (Wildman–Crippen MR) is 82.4 cm³/mol. The van der Waals surface area contributed by atoms with Crippen LogP contribution >= 0.6 is 0 Å². The van der Waals surface area contributed by atoms with E-state index in [1.165, 1.54) is 19.0 Å². The highest BCUT2D eigenvalue weighted by Gasteiger charge is 2.40. The molecule has 4 heteroatoms. The normalized spacial score (nSPS) is 27.8. The zero-order chi connectivity index (χ0) is 15.0. The maximum atomic E-state index is 13.4. The lowest BCUT2D eigenvalue weighted by Gasteiger charge is -2.46. The van der Waals surface area contributed by atoms with Gasteiger partial charge in [0.1, 0.15) is 5.82 Å². The Morgan fingerprint density at radius 1 is 1.33 bits per heavy atom. The molecule has 0 amide bonds. The van der Waals surface area contributed by atoms with Gasteiger partial charge in [-0.1, -0.05) is 20.8 Å². The molecule has 2 unspecified atom stereocenters. The summed E-state index contributed by atoms with van der Waals surface area (Å²) < 4.78 is 13.4. The Balaban J connectivity index is 1.75. The van der Waals surface area contributed by atoms with Crippen LogP contribution < -0.4 is 5.32 Å². The van der Waals surface area contributed by atoms with Crippen molar-refractivity contribution in [3.63, 3.8) is 0 Å². The maximum absolute atomic E-state index is 13.4. The SMILES string of the molecule is CC(C)(C)C1CNC(C2CC2)CN1Cc1cncc(F)c1. The van der Waals surface area contributed by atoms with Crippen molar-refractivity contribution in [2.24, 2.45) is 11.3 Å². The minimum Gasteiger partial charge on any atom is -0.311 e. The Kier molecular flexibility index (Phi) is 4.02.